The summed E-state index contributed by atoms with van der Waals surface area (Å²) in [6.07, 6.45) is -0.636. The van der Waals surface area contributed by atoms with Gasteiger partial charge in [-0.3, -0.25) is 0 Å². The maximum atomic E-state index is 10.2. The van der Waals surface area contributed by atoms with E-state index in [2.05, 4.69) is 6.07 Å². The standard InChI is InChI=1S/C15H13NO/c1-11-9-13(7-8-14(11)10-16)15(17)12-5-3-2-4-6-12/h2-9,15,17H,1H3. The van der Waals surface area contributed by atoms with Crippen LogP contribution in [-0.2, 0) is 0 Å². The normalized spacial score (nSPS) is 11.8. The van der Waals surface area contributed by atoms with Crippen molar-refractivity contribution < 1.29 is 5.11 Å². The molecule has 0 aliphatic carbocycles. The number of aryl methyl sites for hydroxylation is 1. The third kappa shape index (κ3) is 2.35. The molecule has 1 N–H and O–H groups in total. The molecule has 2 heteroatoms. The number of hydrogen-bond donors (Lipinski definition) is 1. The van der Waals surface area contributed by atoms with Gasteiger partial charge in [0, 0.05) is 0 Å². The number of benzene rings is 2. The van der Waals surface area contributed by atoms with Crippen molar-refractivity contribution in [3.05, 3.63) is 70.8 Å². The zero-order valence-corrected chi connectivity index (χ0v) is 9.59. The highest BCUT2D eigenvalue weighted by atomic mass is 16.3. The molecule has 84 valence electrons. The molecule has 1 atom stereocenters. The second kappa shape index (κ2) is 4.82. The maximum absolute atomic E-state index is 10.2. The van der Waals surface area contributed by atoms with Gasteiger partial charge >= 0.3 is 0 Å². The van der Waals surface area contributed by atoms with Crippen LogP contribution in [0.5, 0.6) is 0 Å². The number of nitrogens with zero attached hydrogens (tertiary/aromatic N) is 1. The first-order valence-corrected chi connectivity index (χ1v) is 5.46. The van der Waals surface area contributed by atoms with E-state index in [-0.39, 0.29) is 0 Å². The predicted molar refractivity (Wildman–Crippen MR) is 66.4 cm³/mol. The van der Waals surface area contributed by atoms with Gasteiger partial charge in [-0.25, -0.2) is 0 Å². The van der Waals surface area contributed by atoms with Crippen molar-refractivity contribution in [1.29, 1.82) is 5.26 Å². The first kappa shape index (κ1) is 11.4. The van der Waals surface area contributed by atoms with Gasteiger partial charge in [0.15, 0.2) is 0 Å². The number of nitriles is 1. The summed E-state index contributed by atoms with van der Waals surface area (Å²) in [6.45, 7) is 1.87. The predicted octanol–water partition coefficient (Wildman–Crippen LogP) is 2.95. The Bertz CT molecular complexity index is 555. The summed E-state index contributed by atoms with van der Waals surface area (Å²) < 4.78 is 0. The van der Waals surface area contributed by atoms with Crippen LogP contribution >= 0.6 is 0 Å². The van der Waals surface area contributed by atoms with Crippen LogP contribution in [0.3, 0.4) is 0 Å². The minimum atomic E-state index is -0.636. The molecule has 2 rings (SSSR count). The van der Waals surface area contributed by atoms with Crippen molar-refractivity contribution >= 4 is 0 Å². The zero-order valence-electron chi connectivity index (χ0n) is 9.59. The molecule has 0 bridgehead atoms. The van der Waals surface area contributed by atoms with E-state index < -0.39 is 6.10 Å². The van der Waals surface area contributed by atoms with Gasteiger partial charge < -0.3 is 5.11 Å². The summed E-state index contributed by atoms with van der Waals surface area (Å²) in [6, 6.07) is 17.0. The third-order valence-electron chi connectivity index (χ3n) is 2.80. The van der Waals surface area contributed by atoms with Gasteiger partial charge in [0.2, 0.25) is 0 Å². The van der Waals surface area contributed by atoms with E-state index in [1.165, 1.54) is 0 Å². The Morgan fingerprint density at radius 3 is 2.35 bits per heavy atom. The van der Waals surface area contributed by atoms with Crippen LogP contribution in [0, 0.1) is 18.3 Å². The Hall–Kier alpha value is -2.11. The summed E-state index contributed by atoms with van der Waals surface area (Å²) in [7, 11) is 0. The molecule has 0 fully saturated rings. The number of hydrogen-bond acceptors (Lipinski definition) is 2. The Morgan fingerprint density at radius 2 is 1.76 bits per heavy atom. The minimum Gasteiger partial charge on any atom is -0.384 e. The fourth-order valence-corrected chi connectivity index (χ4v) is 1.81. The van der Waals surface area contributed by atoms with Crippen LogP contribution in [0.15, 0.2) is 48.5 Å². The van der Waals surface area contributed by atoms with Crippen molar-refractivity contribution in [2.24, 2.45) is 0 Å². The van der Waals surface area contributed by atoms with Crippen molar-refractivity contribution in [1.82, 2.24) is 0 Å². The molecule has 0 spiro atoms. The smallest absolute Gasteiger partial charge is 0.104 e. The highest BCUT2D eigenvalue weighted by Gasteiger charge is 2.10. The number of aliphatic hydroxyl groups excluding tert-OH is 1. The van der Waals surface area contributed by atoms with Crippen molar-refractivity contribution in [2.45, 2.75) is 13.0 Å². The van der Waals surface area contributed by atoms with Crippen LogP contribution in [-0.4, -0.2) is 5.11 Å². The lowest BCUT2D eigenvalue weighted by Crippen LogP contribution is -2.00. The van der Waals surface area contributed by atoms with Crippen molar-refractivity contribution in [2.75, 3.05) is 0 Å². The first-order chi connectivity index (χ1) is 8.22. The van der Waals surface area contributed by atoms with Gasteiger partial charge in [-0.05, 0) is 29.7 Å². The topological polar surface area (TPSA) is 44.0 Å². The quantitative estimate of drug-likeness (QED) is 0.850. The second-order valence-electron chi connectivity index (χ2n) is 4.00. The van der Waals surface area contributed by atoms with E-state index in [9.17, 15) is 5.11 Å². The molecule has 0 heterocycles. The van der Waals surface area contributed by atoms with Crippen molar-refractivity contribution in [3.63, 3.8) is 0 Å². The maximum Gasteiger partial charge on any atom is 0.104 e. The summed E-state index contributed by atoms with van der Waals surface area (Å²) in [4.78, 5) is 0. The molecule has 0 aliphatic heterocycles. The van der Waals surface area contributed by atoms with E-state index in [0.717, 1.165) is 16.7 Å². The number of rotatable bonds is 2. The molecule has 0 amide bonds. The van der Waals surface area contributed by atoms with Crippen LogP contribution < -0.4 is 0 Å². The zero-order chi connectivity index (χ0) is 12.3. The van der Waals surface area contributed by atoms with Gasteiger partial charge in [0.25, 0.3) is 0 Å². The highest BCUT2D eigenvalue weighted by Crippen LogP contribution is 2.23. The molecule has 17 heavy (non-hydrogen) atoms. The van der Waals surface area contributed by atoms with Crippen LogP contribution in [0.4, 0.5) is 0 Å². The SMILES string of the molecule is Cc1cc(C(O)c2ccccc2)ccc1C#N. The molecule has 0 saturated carbocycles. The summed E-state index contributed by atoms with van der Waals surface area (Å²) >= 11 is 0. The van der Waals surface area contributed by atoms with E-state index in [0.29, 0.717) is 5.56 Å². The molecule has 0 aliphatic rings. The third-order valence-corrected chi connectivity index (χ3v) is 2.80. The molecule has 0 radical (unpaired) electrons. The average Bonchev–Trinajstić information content (AvgIpc) is 2.39. The molecule has 2 nitrogen and oxygen atoms in total. The first-order valence-electron chi connectivity index (χ1n) is 5.46. The Labute approximate surface area is 101 Å². The summed E-state index contributed by atoms with van der Waals surface area (Å²) in [5.74, 6) is 0. The van der Waals surface area contributed by atoms with E-state index >= 15 is 0 Å². The molecular formula is C15H13NO. The largest absolute Gasteiger partial charge is 0.384 e. The lowest BCUT2D eigenvalue weighted by molar-refractivity contribution is 0.220. The van der Waals surface area contributed by atoms with Gasteiger partial charge in [-0.1, -0.05) is 42.5 Å². The summed E-state index contributed by atoms with van der Waals surface area (Å²) in [5, 5.41) is 19.0. The highest BCUT2D eigenvalue weighted by molar-refractivity contribution is 5.41. The van der Waals surface area contributed by atoms with Crippen LogP contribution in [0.25, 0.3) is 0 Å². The fourth-order valence-electron chi connectivity index (χ4n) is 1.81. The lowest BCUT2D eigenvalue weighted by atomic mass is 9.98. The van der Waals surface area contributed by atoms with Crippen LogP contribution in [0.1, 0.15) is 28.4 Å². The molecule has 0 saturated heterocycles. The Morgan fingerprint density at radius 1 is 1.06 bits per heavy atom. The average molecular weight is 223 g/mol. The monoisotopic (exact) mass is 223 g/mol. The van der Waals surface area contributed by atoms with Gasteiger partial charge in [-0.2, -0.15) is 5.26 Å². The molecular weight excluding hydrogens is 210 g/mol. The van der Waals surface area contributed by atoms with Crippen LogP contribution in [0.2, 0.25) is 0 Å². The van der Waals surface area contributed by atoms with Gasteiger partial charge in [-0.15, -0.1) is 0 Å². The molecule has 1 unspecified atom stereocenters. The van der Waals surface area contributed by atoms with Gasteiger partial charge in [0.1, 0.15) is 6.10 Å². The van der Waals surface area contributed by atoms with Gasteiger partial charge in [0.05, 0.1) is 11.6 Å². The second-order valence-corrected chi connectivity index (χ2v) is 4.00. The van der Waals surface area contributed by atoms with Crippen molar-refractivity contribution in [3.8, 4) is 6.07 Å². The minimum absolute atomic E-state index is 0.636. The summed E-state index contributed by atoms with van der Waals surface area (Å²) in [5.41, 5.74) is 3.21. The Kier molecular flexibility index (Phi) is 3.22. The molecule has 0 aromatic heterocycles. The lowest BCUT2D eigenvalue weighted by Gasteiger charge is -2.12. The Balaban J connectivity index is 2.36. The van der Waals surface area contributed by atoms with E-state index in [1.54, 1.807) is 12.1 Å². The fraction of sp³-hybridized carbons (Fsp3) is 0.133. The van der Waals surface area contributed by atoms with E-state index in [1.807, 2.05) is 43.3 Å². The number of aliphatic hydroxyl groups is 1. The molecule has 2 aromatic carbocycles. The van der Waals surface area contributed by atoms with E-state index in [4.69, 9.17) is 5.26 Å². The molecule has 2 aromatic rings.